The molecule has 8 heteroatoms. The first-order chi connectivity index (χ1) is 15.4. The fourth-order valence-electron chi connectivity index (χ4n) is 4.01. The number of carbonyl (C=O) groups excluding carboxylic acids is 1. The molecule has 0 aliphatic carbocycles. The van der Waals surface area contributed by atoms with Crippen molar-refractivity contribution in [3.63, 3.8) is 0 Å². The topological polar surface area (TPSA) is 76.3 Å². The summed E-state index contributed by atoms with van der Waals surface area (Å²) in [4.78, 5) is 28.7. The predicted octanol–water partition coefficient (Wildman–Crippen LogP) is 5.84. The Hall–Kier alpha value is -2.84. The number of nitrogens with zero attached hydrogens (tertiary/aromatic N) is 3. The van der Waals surface area contributed by atoms with Gasteiger partial charge in [0.25, 0.3) is 5.91 Å². The molecule has 1 amide bonds. The monoisotopic (exact) mass is 509 g/mol. The van der Waals surface area contributed by atoms with E-state index in [0.717, 1.165) is 21.5 Å². The number of carbonyl (C=O) groups is 1. The zero-order valence-electron chi connectivity index (χ0n) is 17.8. The second-order valence-electron chi connectivity index (χ2n) is 8.05. The third-order valence-electron chi connectivity index (χ3n) is 5.72. The summed E-state index contributed by atoms with van der Waals surface area (Å²) in [6.45, 7) is 6.24. The Kier molecular flexibility index (Phi) is 5.22. The first-order valence-electron chi connectivity index (χ1n) is 10.4. The maximum atomic E-state index is 13.6. The highest BCUT2D eigenvalue weighted by Crippen LogP contribution is 2.42. The minimum absolute atomic E-state index is 0.0657. The van der Waals surface area contributed by atoms with E-state index in [0.29, 0.717) is 27.6 Å². The number of fused-ring (bicyclic) bond motifs is 2. The average molecular weight is 510 g/mol. The molecule has 0 saturated carbocycles. The Morgan fingerprint density at radius 1 is 1.12 bits per heavy atom. The van der Waals surface area contributed by atoms with Gasteiger partial charge in [-0.3, -0.25) is 14.5 Å². The van der Waals surface area contributed by atoms with Gasteiger partial charge in [0, 0.05) is 4.47 Å². The lowest BCUT2D eigenvalue weighted by Gasteiger charge is -2.22. The van der Waals surface area contributed by atoms with E-state index in [1.807, 2.05) is 31.2 Å². The van der Waals surface area contributed by atoms with Crippen LogP contribution in [0.25, 0.3) is 11.0 Å². The van der Waals surface area contributed by atoms with E-state index in [2.05, 4.69) is 40.0 Å². The summed E-state index contributed by atoms with van der Waals surface area (Å²) in [7, 11) is 0. The number of rotatable bonds is 4. The highest BCUT2D eigenvalue weighted by atomic mass is 79.9. The Balaban J connectivity index is 1.77. The van der Waals surface area contributed by atoms with Crippen LogP contribution in [-0.2, 0) is 6.42 Å². The molecule has 1 atom stereocenters. The van der Waals surface area contributed by atoms with Crippen molar-refractivity contribution in [1.29, 1.82) is 0 Å². The number of halogens is 1. The number of aryl methyl sites for hydroxylation is 1. The molecular weight excluding hydrogens is 490 g/mol. The number of benzene rings is 2. The molecular formula is C24H20BrN3O3S. The third kappa shape index (κ3) is 3.29. The van der Waals surface area contributed by atoms with E-state index < -0.39 is 6.04 Å². The average Bonchev–Trinajstić information content (AvgIpc) is 3.37. The van der Waals surface area contributed by atoms with Crippen LogP contribution in [0.3, 0.4) is 0 Å². The predicted molar refractivity (Wildman–Crippen MR) is 129 cm³/mol. The van der Waals surface area contributed by atoms with Crippen LogP contribution >= 0.6 is 27.3 Å². The van der Waals surface area contributed by atoms with Crippen molar-refractivity contribution in [2.75, 3.05) is 4.90 Å². The van der Waals surface area contributed by atoms with E-state index in [-0.39, 0.29) is 17.1 Å². The van der Waals surface area contributed by atoms with Gasteiger partial charge in [0.2, 0.25) is 10.9 Å². The second kappa shape index (κ2) is 7.94. The first kappa shape index (κ1) is 21.0. The molecule has 2 aromatic carbocycles. The van der Waals surface area contributed by atoms with Crippen LogP contribution in [0.5, 0.6) is 0 Å². The molecule has 1 unspecified atom stereocenters. The van der Waals surface area contributed by atoms with Crippen molar-refractivity contribution in [2.24, 2.45) is 0 Å². The Morgan fingerprint density at radius 2 is 1.88 bits per heavy atom. The molecule has 3 heterocycles. The summed E-state index contributed by atoms with van der Waals surface area (Å²) in [5.74, 6) is 0.0638. The summed E-state index contributed by atoms with van der Waals surface area (Å²) in [5.41, 5.74) is 2.52. The summed E-state index contributed by atoms with van der Waals surface area (Å²) >= 11 is 4.78. The van der Waals surface area contributed by atoms with E-state index >= 15 is 0 Å². The molecule has 0 fully saturated rings. The number of anilines is 1. The quantitative estimate of drug-likeness (QED) is 0.345. The van der Waals surface area contributed by atoms with Crippen LogP contribution in [0.15, 0.2) is 56.1 Å². The lowest BCUT2D eigenvalue weighted by molar-refractivity contribution is 0.0970. The van der Waals surface area contributed by atoms with E-state index in [9.17, 15) is 9.59 Å². The van der Waals surface area contributed by atoms with Gasteiger partial charge >= 0.3 is 0 Å². The Morgan fingerprint density at radius 3 is 2.53 bits per heavy atom. The molecule has 0 radical (unpaired) electrons. The van der Waals surface area contributed by atoms with Crippen LogP contribution in [0.1, 0.15) is 65.0 Å². The van der Waals surface area contributed by atoms with Gasteiger partial charge in [-0.1, -0.05) is 72.3 Å². The molecule has 0 bridgehead atoms. The van der Waals surface area contributed by atoms with Gasteiger partial charge in [-0.05, 0) is 41.7 Å². The van der Waals surface area contributed by atoms with Gasteiger partial charge in [0.1, 0.15) is 10.6 Å². The molecule has 6 nitrogen and oxygen atoms in total. The molecule has 162 valence electrons. The number of aromatic nitrogens is 2. The van der Waals surface area contributed by atoms with Crippen LogP contribution in [0.2, 0.25) is 0 Å². The van der Waals surface area contributed by atoms with Crippen LogP contribution < -0.4 is 10.3 Å². The van der Waals surface area contributed by atoms with Crippen LogP contribution in [0.4, 0.5) is 5.13 Å². The maximum absolute atomic E-state index is 13.6. The summed E-state index contributed by atoms with van der Waals surface area (Å²) in [6, 6.07) is 12.6. The Labute approximate surface area is 197 Å². The smallest absolute Gasteiger partial charge is 0.297 e. The van der Waals surface area contributed by atoms with Gasteiger partial charge in [-0.15, -0.1) is 10.2 Å². The lowest BCUT2D eigenvalue weighted by atomic mass is 9.95. The highest BCUT2D eigenvalue weighted by molar-refractivity contribution is 9.10. The second-order valence-corrected chi connectivity index (χ2v) is 10.0. The number of hydrogen-bond acceptors (Lipinski definition) is 6. The third-order valence-corrected chi connectivity index (χ3v) is 7.28. The summed E-state index contributed by atoms with van der Waals surface area (Å²) in [6.07, 6.45) is 0.718. The SMILES string of the molecule is CCc1nnc(N2C(=O)c3oc4ccc(Br)cc4c(=O)c3C2c2ccc(C(C)C)cc2)s1. The minimum Gasteiger partial charge on any atom is -0.450 e. The molecule has 1 aliphatic heterocycles. The molecule has 1 aliphatic rings. The van der Waals surface area contributed by atoms with E-state index in [1.54, 1.807) is 23.1 Å². The van der Waals surface area contributed by atoms with Crippen molar-refractivity contribution >= 4 is 49.3 Å². The molecule has 0 spiro atoms. The molecule has 4 aromatic rings. The van der Waals surface area contributed by atoms with Gasteiger partial charge in [-0.2, -0.15) is 0 Å². The van der Waals surface area contributed by atoms with E-state index in [1.165, 1.54) is 16.9 Å². The largest absolute Gasteiger partial charge is 0.450 e. The summed E-state index contributed by atoms with van der Waals surface area (Å²) < 4.78 is 6.77. The zero-order valence-corrected chi connectivity index (χ0v) is 20.2. The molecule has 0 saturated heterocycles. The maximum Gasteiger partial charge on any atom is 0.297 e. The molecule has 0 N–H and O–H groups in total. The summed E-state index contributed by atoms with van der Waals surface area (Å²) in [5, 5.41) is 10.2. The van der Waals surface area contributed by atoms with Crippen LogP contribution in [0, 0.1) is 0 Å². The van der Waals surface area contributed by atoms with E-state index in [4.69, 9.17) is 4.42 Å². The highest BCUT2D eigenvalue weighted by Gasteiger charge is 2.45. The lowest BCUT2D eigenvalue weighted by Crippen LogP contribution is -2.29. The van der Waals surface area contributed by atoms with Crippen molar-refractivity contribution < 1.29 is 9.21 Å². The van der Waals surface area contributed by atoms with Crippen molar-refractivity contribution in [3.05, 3.63) is 84.6 Å². The fourth-order valence-corrected chi connectivity index (χ4v) is 5.17. The fraction of sp³-hybridized carbons (Fsp3) is 0.250. The van der Waals surface area contributed by atoms with Crippen molar-refractivity contribution in [1.82, 2.24) is 10.2 Å². The van der Waals surface area contributed by atoms with Gasteiger partial charge in [0.05, 0.1) is 17.0 Å². The molecule has 5 rings (SSSR count). The zero-order chi connectivity index (χ0) is 22.6. The van der Waals surface area contributed by atoms with Crippen molar-refractivity contribution in [2.45, 2.75) is 39.2 Å². The minimum atomic E-state index is -0.629. The molecule has 2 aromatic heterocycles. The Bertz CT molecular complexity index is 1410. The molecule has 32 heavy (non-hydrogen) atoms. The van der Waals surface area contributed by atoms with Gasteiger partial charge < -0.3 is 4.42 Å². The van der Waals surface area contributed by atoms with Crippen molar-refractivity contribution in [3.8, 4) is 0 Å². The van der Waals surface area contributed by atoms with Gasteiger partial charge in [0.15, 0.2) is 5.43 Å². The van der Waals surface area contributed by atoms with Gasteiger partial charge in [-0.25, -0.2) is 0 Å². The number of hydrogen-bond donors (Lipinski definition) is 0. The first-order valence-corrected chi connectivity index (χ1v) is 12.0. The normalized spacial score (nSPS) is 15.7. The number of amides is 1. The standard InChI is InChI=1S/C24H20BrN3O3S/c1-4-18-26-27-24(32-18)28-20(14-7-5-13(6-8-14)12(2)3)19-21(29)16-11-15(25)9-10-17(16)31-22(19)23(28)30/h5-12,20H,4H2,1-3H3. The van der Waals surface area contributed by atoms with Crippen LogP contribution in [-0.4, -0.2) is 16.1 Å².